The third kappa shape index (κ3) is 4.77. The molecule has 3 N–H and O–H groups in total. The lowest BCUT2D eigenvalue weighted by molar-refractivity contribution is -0.122. The third-order valence-corrected chi connectivity index (χ3v) is 8.02. The molecule has 2 amide bonds. The van der Waals surface area contributed by atoms with Gasteiger partial charge >= 0.3 is 7.12 Å². The van der Waals surface area contributed by atoms with Crippen molar-refractivity contribution >= 4 is 36.2 Å². The van der Waals surface area contributed by atoms with Crippen molar-refractivity contribution in [3.05, 3.63) is 70.8 Å². The molecule has 37 heavy (non-hydrogen) atoms. The Labute approximate surface area is 217 Å². The second-order valence-corrected chi connectivity index (χ2v) is 10.3. The van der Waals surface area contributed by atoms with Crippen LogP contribution in [0.5, 0.6) is 5.75 Å². The summed E-state index contributed by atoms with van der Waals surface area (Å²) in [4.78, 5) is 28.2. The number of phenolic OH excluding ortho intramolecular Hbond substituents is 1. The molecule has 2 aromatic carbocycles. The first kappa shape index (κ1) is 25.5. The number of carbonyl (C=O) groups excluding carboxylic acids is 2. The number of ether oxygens (including phenoxy) is 1. The first-order chi connectivity index (χ1) is 17.8. The van der Waals surface area contributed by atoms with Crippen LogP contribution in [-0.2, 0) is 14.3 Å². The minimum absolute atomic E-state index is 0.0782. The van der Waals surface area contributed by atoms with Crippen molar-refractivity contribution < 1.29 is 29.5 Å². The van der Waals surface area contributed by atoms with Gasteiger partial charge in [0.25, 0.3) is 0 Å². The van der Waals surface area contributed by atoms with Crippen LogP contribution in [0.3, 0.4) is 0 Å². The molecular weight excluding hydrogens is 469 g/mol. The fraction of sp³-hybridized carbons (Fsp3) is 0.379. The van der Waals surface area contributed by atoms with Gasteiger partial charge in [-0.2, -0.15) is 0 Å². The van der Waals surface area contributed by atoms with Crippen molar-refractivity contribution in [1.29, 1.82) is 0 Å². The standard InChI is InChI=1S/C29H32BNO6/c1-3-18(14-19-7-10-22(32)11-8-19)9-12-25-26-17(2)13-23-27(24(26)16-37-25)29(34)31(28(23)33)21-6-4-5-20(15-21)30(35)36/h4-8,10-11,14-15,23-25,27,32,35-36H,3,9,12-13,16H2,1-2H3/b18-14+/t23-,24+,25-,27-/m1/s1. The van der Waals surface area contributed by atoms with Gasteiger partial charge < -0.3 is 19.9 Å². The molecule has 0 unspecified atom stereocenters. The van der Waals surface area contributed by atoms with Crippen LogP contribution in [0.4, 0.5) is 5.69 Å². The maximum absolute atomic E-state index is 13.6. The molecule has 2 fully saturated rings. The van der Waals surface area contributed by atoms with Crippen molar-refractivity contribution in [3.63, 3.8) is 0 Å². The Morgan fingerprint density at radius 1 is 1.11 bits per heavy atom. The van der Waals surface area contributed by atoms with Gasteiger partial charge in [0, 0.05) is 5.92 Å². The van der Waals surface area contributed by atoms with E-state index in [9.17, 15) is 24.7 Å². The highest BCUT2D eigenvalue weighted by molar-refractivity contribution is 6.58. The Balaban J connectivity index is 1.34. The summed E-state index contributed by atoms with van der Waals surface area (Å²) >= 11 is 0. The molecule has 1 aliphatic carbocycles. The predicted octanol–water partition coefficient (Wildman–Crippen LogP) is 3.19. The fourth-order valence-corrected chi connectivity index (χ4v) is 6.18. The number of phenols is 1. The fourth-order valence-electron chi connectivity index (χ4n) is 6.18. The number of hydrogen-bond donors (Lipinski definition) is 3. The number of aromatic hydroxyl groups is 1. The summed E-state index contributed by atoms with van der Waals surface area (Å²) in [7, 11) is -1.68. The molecule has 192 valence electrons. The molecule has 5 rings (SSSR count). The Morgan fingerprint density at radius 2 is 1.86 bits per heavy atom. The molecule has 0 radical (unpaired) electrons. The molecule has 0 aromatic heterocycles. The van der Waals surface area contributed by atoms with Crippen LogP contribution in [0.2, 0.25) is 0 Å². The largest absolute Gasteiger partial charge is 0.508 e. The van der Waals surface area contributed by atoms with E-state index in [1.165, 1.54) is 22.1 Å². The van der Waals surface area contributed by atoms with Crippen molar-refractivity contribution in [2.75, 3.05) is 11.5 Å². The Bertz CT molecular complexity index is 1270. The normalized spacial score (nSPS) is 25.5. The number of nitrogens with zero attached hydrogens (tertiary/aromatic N) is 1. The Hall–Kier alpha value is -3.20. The van der Waals surface area contributed by atoms with Gasteiger partial charge in [-0.3, -0.25) is 14.5 Å². The number of fused-ring (bicyclic) bond motifs is 3. The molecule has 0 spiro atoms. The SMILES string of the molecule is CC/C(=C\c1ccc(O)cc1)CC[C@H]1OC[C@H]2C1=C(C)C[C@H]1C(=O)N(c3cccc(B(O)O)c3)C(=O)[C@H]12. The maximum atomic E-state index is 13.6. The van der Waals surface area contributed by atoms with E-state index in [4.69, 9.17) is 4.74 Å². The topological polar surface area (TPSA) is 107 Å². The summed E-state index contributed by atoms with van der Waals surface area (Å²) in [5, 5.41) is 28.6. The molecule has 0 bridgehead atoms. The lowest BCUT2D eigenvalue weighted by Crippen LogP contribution is -2.35. The average molecular weight is 501 g/mol. The number of rotatable bonds is 7. The van der Waals surface area contributed by atoms with Gasteiger partial charge in [-0.25, -0.2) is 0 Å². The quantitative estimate of drug-likeness (QED) is 0.306. The summed E-state index contributed by atoms with van der Waals surface area (Å²) in [6.07, 6.45) is 5.17. The number of anilines is 1. The second-order valence-electron chi connectivity index (χ2n) is 10.3. The minimum Gasteiger partial charge on any atom is -0.508 e. The molecule has 7 nitrogen and oxygen atoms in total. The zero-order valence-corrected chi connectivity index (χ0v) is 21.1. The predicted molar refractivity (Wildman–Crippen MR) is 142 cm³/mol. The van der Waals surface area contributed by atoms with Gasteiger partial charge in [-0.1, -0.05) is 48.4 Å². The molecule has 8 heteroatoms. The van der Waals surface area contributed by atoms with Crippen LogP contribution in [-0.4, -0.2) is 46.8 Å². The third-order valence-electron chi connectivity index (χ3n) is 8.02. The Kier molecular flexibility index (Phi) is 7.07. The number of imide groups is 1. The van der Waals surface area contributed by atoms with E-state index in [1.54, 1.807) is 30.3 Å². The molecular formula is C29H32BNO6. The van der Waals surface area contributed by atoms with Crippen molar-refractivity contribution in [3.8, 4) is 5.75 Å². The summed E-state index contributed by atoms with van der Waals surface area (Å²) in [5.74, 6) is -1.23. The van der Waals surface area contributed by atoms with Crippen molar-refractivity contribution in [1.82, 2.24) is 0 Å². The first-order valence-electron chi connectivity index (χ1n) is 12.9. The van der Waals surface area contributed by atoms with E-state index in [0.29, 0.717) is 18.7 Å². The minimum atomic E-state index is -1.68. The summed E-state index contributed by atoms with van der Waals surface area (Å²) < 4.78 is 6.25. The summed E-state index contributed by atoms with van der Waals surface area (Å²) in [6, 6.07) is 13.5. The molecule has 2 saturated heterocycles. The summed E-state index contributed by atoms with van der Waals surface area (Å²) in [5.41, 5.74) is 5.24. The number of carbonyl (C=O) groups is 2. The highest BCUT2D eigenvalue weighted by Gasteiger charge is 2.56. The molecule has 2 aromatic rings. The average Bonchev–Trinajstić information content (AvgIpc) is 3.42. The van der Waals surface area contributed by atoms with Gasteiger partial charge in [-0.15, -0.1) is 0 Å². The highest BCUT2D eigenvalue weighted by atomic mass is 16.5. The van der Waals surface area contributed by atoms with E-state index < -0.39 is 19.0 Å². The molecule has 3 aliphatic rings. The zero-order chi connectivity index (χ0) is 26.3. The number of allylic oxidation sites excluding steroid dienone is 2. The van der Waals surface area contributed by atoms with Gasteiger partial charge in [-0.05, 0) is 73.5 Å². The number of amides is 2. The zero-order valence-electron chi connectivity index (χ0n) is 21.1. The lowest BCUT2D eigenvalue weighted by Gasteiger charge is -2.30. The summed E-state index contributed by atoms with van der Waals surface area (Å²) in [6.45, 7) is 4.60. The Morgan fingerprint density at radius 3 is 2.57 bits per heavy atom. The monoisotopic (exact) mass is 501 g/mol. The van der Waals surface area contributed by atoms with E-state index in [-0.39, 0.29) is 35.0 Å². The number of benzene rings is 2. The van der Waals surface area contributed by atoms with E-state index >= 15 is 0 Å². The van der Waals surface area contributed by atoms with Gasteiger partial charge in [0.05, 0.1) is 30.2 Å². The van der Waals surface area contributed by atoms with Crippen LogP contribution in [0.1, 0.15) is 45.1 Å². The number of hydrogen-bond acceptors (Lipinski definition) is 6. The van der Waals surface area contributed by atoms with Crippen molar-refractivity contribution in [2.45, 2.75) is 45.6 Å². The van der Waals surface area contributed by atoms with Crippen molar-refractivity contribution in [2.24, 2.45) is 17.8 Å². The van der Waals surface area contributed by atoms with E-state index in [1.807, 2.05) is 12.1 Å². The van der Waals surface area contributed by atoms with Crippen LogP contribution < -0.4 is 10.4 Å². The van der Waals surface area contributed by atoms with Gasteiger partial charge in [0.15, 0.2) is 0 Å². The second kappa shape index (κ2) is 10.3. The maximum Gasteiger partial charge on any atom is 0.488 e. The molecule has 2 aliphatic heterocycles. The van der Waals surface area contributed by atoms with Crippen LogP contribution in [0, 0.1) is 17.8 Å². The molecule has 0 saturated carbocycles. The van der Waals surface area contributed by atoms with Crippen LogP contribution in [0.25, 0.3) is 6.08 Å². The lowest BCUT2D eigenvalue weighted by atomic mass is 9.70. The van der Waals surface area contributed by atoms with Gasteiger partial charge in [0.1, 0.15) is 5.75 Å². The highest BCUT2D eigenvalue weighted by Crippen LogP contribution is 2.50. The molecule has 2 heterocycles. The van der Waals surface area contributed by atoms with E-state index in [2.05, 4.69) is 19.9 Å². The molecule has 4 atom stereocenters. The van der Waals surface area contributed by atoms with Crippen LogP contribution in [0.15, 0.2) is 65.3 Å². The smallest absolute Gasteiger partial charge is 0.488 e. The van der Waals surface area contributed by atoms with Crippen LogP contribution >= 0.6 is 0 Å². The van der Waals surface area contributed by atoms with Gasteiger partial charge in [0.2, 0.25) is 11.8 Å². The van der Waals surface area contributed by atoms with E-state index in [0.717, 1.165) is 30.4 Å². The first-order valence-corrected chi connectivity index (χ1v) is 12.9.